The third-order valence-electron chi connectivity index (χ3n) is 11.2. The van der Waals surface area contributed by atoms with Crippen LogP contribution in [0.15, 0.2) is 207 Å². The van der Waals surface area contributed by atoms with Crippen molar-refractivity contribution < 1.29 is 0 Å². The maximum absolute atomic E-state index is 3.46. The van der Waals surface area contributed by atoms with Crippen LogP contribution in [-0.4, -0.2) is 0 Å². The van der Waals surface area contributed by atoms with Crippen LogP contribution in [0.4, 0.5) is 0 Å². The molecule has 0 aliphatic carbocycles. The Bertz CT molecular complexity index is 2820. The Morgan fingerprint density at radius 3 is 1.43 bits per heavy atom. The number of aryl methyl sites for hydroxylation is 2. The number of hydrogen-bond donors (Lipinski definition) is 0. The Morgan fingerprint density at radius 1 is 0.414 bits per heavy atom. The van der Waals surface area contributed by atoms with Crippen LogP contribution >= 0.6 is 0 Å². The van der Waals surface area contributed by atoms with Gasteiger partial charge in [0.25, 0.3) is 0 Å². The Balaban J connectivity index is 0.000000370. The topological polar surface area (TPSA) is 0 Å². The average Bonchev–Trinajstić information content (AvgIpc) is 3.26. The molecular weight excluding hydrogens is 697 g/mol. The highest BCUT2D eigenvalue weighted by Gasteiger charge is 2.14. The van der Waals surface area contributed by atoms with Crippen LogP contribution in [0, 0.1) is 27.7 Å². The van der Waals surface area contributed by atoms with Crippen molar-refractivity contribution in [2.45, 2.75) is 41.0 Å². The fraction of sp³-hybridized carbons (Fsp3) is 0.103. The van der Waals surface area contributed by atoms with Gasteiger partial charge < -0.3 is 0 Å². The molecule has 0 radical (unpaired) electrons. The first kappa shape index (κ1) is 39.5. The second-order valence-corrected chi connectivity index (χ2v) is 15.0. The molecule has 0 aliphatic rings. The lowest BCUT2D eigenvalue weighted by Gasteiger charge is -2.18. The molecule has 9 rings (SSSR count). The van der Waals surface area contributed by atoms with Crippen molar-refractivity contribution >= 4 is 32.3 Å². The molecule has 0 aliphatic heterocycles. The SMILES string of the molecule is C=C/C=C\C.Cc1ccccc1.Cc1ccccc1-c1ccc(-c2ccccc2Cc2ccc(-c3ccc4c5ccccc5c5ccccc5c4c3)cc2)c(C)c1C. The number of fused-ring (bicyclic) bond motifs is 6. The molecule has 0 fully saturated rings. The Labute approximate surface area is 345 Å². The maximum atomic E-state index is 3.46. The van der Waals surface area contributed by atoms with Gasteiger partial charge in [-0.15, -0.1) is 0 Å². The summed E-state index contributed by atoms with van der Waals surface area (Å²) in [7, 11) is 0. The molecule has 0 atom stereocenters. The van der Waals surface area contributed by atoms with Gasteiger partial charge in [0.1, 0.15) is 0 Å². The van der Waals surface area contributed by atoms with Gasteiger partial charge in [0, 0.05) is 0 Å². The van der Waals surface area contributed by atoms with Crippen LogP contribution in [0.3, 0.4) is 0 Å². The van der Waals surface area contributed by atoms with Crippen molar-refractivity contribution in [2.24, 2.45) is 0 Å². The van der Waals surface area contributed by atoms with Crippen LogP contribution in [0.25, 0.3) is 65.7 Å². The summed E-state index contributed by atoms with van der Waals surface area (Å²) in [5.41, 5.74) is 15.8. The van der Waals surface area contributed by atoms with E-state index in [2.05, 4.69) is 198 Å². The quantitative estimate of drug-likeness (QED) is 0.117. The molecule has 0 saturated heterocycles. The van der Waals surface area contributed by atoms with E-state index in [0.717, 1.165) is 6.42 Å². The third-order valence-corrected chi connectivity index (χ3v) is 11.2. The molecule has 0 unspecified atom stereocenters. The van der Waals surface area contributed by atoms with Gasteiger partial charge in [-0.25, -0.2) is 0 Å². The highest BCUT2D eigenvalue weighted by Crippen LogP contribution is 2.38. The summed E-state index contributed by atoms with van der Waals surface area (Å²) >= 11 is 0. The number of benzene rings is 9. The molecule has 0 bridgehead atoms. The first-order chi connectivity index (χ1) is 28.4. The summed E-state index contributed by atoms with van der Waals surface area (Å²) in [5.74, 6) is 0. The van der Waals surface area contributed by atoms with E-state index in [1.807, 2.05) is 37.3 Å². The summed E-state index contributed by atoms with van der Waals surface area (Å²) < 4.78 is 0. The molecule has 0 N–H and O–H groups in total. The van der Waals surface area contributed by atoms with Crippen LogP contribution in [0.2, 0.25) is 0 Å². The molecule has 0 amide bonds. The minimum absolute atomic E-state index is 0.892. The molecule has 0 heteroatoms. The second kappa shape index (κ2) is 18.5. The van der Waals surface area contributed by atoms with Crippen LogP contribution in [0.1, 0.15) is 40.3 Å². The average molecular weight is 749 g/mol. The fourth-order valence-electron chi connectivity index (χ4n) is 8.01. The van der Waals surface area contributed by atoms with Gasteiger partial charge in [0.15, 0.2) is 0 Å². The van der Waals surface area contributed by atoms with E-state index in [9.17, 15) is 0 Å². The van der Waals surface area contributed by atoms with Crippen molar-refractivity contribution in [1.82, 2.24) is 0 Å². The molecule has 0 heterocycles. The molecular formula is C58H52. The zero-order valence-corrected chi connectivity index (χ0v) is 34.5. The van der Waals surface area contributed by atoms with Gasteiger partial charge in [-0.1, -0.05) is 206 Å². The molecule has 284 valence electrons. The lowest BCUT2D eigenvalue weighted by atomic mass is 9.87. The Hall–Kier alpha value is -6.76. The van der Waals surface area contributed by atoms with Crippen molar-refractivity contribution in [3.05, 3.63) is 240 Å². The van der Waals surface area contributed by atoms with Crippen LogP contribution in [0.5, 0.6) is 0 Å². The van der Waals surface area contributed by atoms with Crippen molar-refractivity contribution in [2.75, 3.05) is 0 Å². The van der Waals surface area contributed by atoms with Gasteiger partial charge in [-0.3, -0.25) is 0 Å². The summed E-state index contributed by atoms with van der Waals surface area (Å²) in [6, 6.07) is 66.2. The van der Waals surface area contributed by atoms with Crippen molar-refractivity contribution in [1.29, 1.82) is 0 Å². The fourth-order valence-corrected chi connectivity index (χ4v) is 8.01. The van der Waals surface area contributed by atoms with Gasteiger partial charge in [0.05, 0.1) is 0 Å². The molecule has 0 saturated carbocycles. The maximum Gasteiger partial charge on any atom is -0.00196 e. The Kier molecular flexibility index (Phi) is 12.6. The Morgan fingerprint density at radius 2 is 0.897 bits per heavy atom. The van der Waals surface area contributed by atoms with Crippen LogP contribution < -0.4 is 0 Å². The number of rotatable bonds is 6. The van der Waals surface area contributed by atoms with Gasteiger partial charge in [-0.2, -0.15) is 0 Å². The van der Waals surface area contributed by atoms with Crippen molar-refractivity contribution in [3.63, 3.8) is 0 Å². The smallest absolute Gasteiger partial charge is 0.00196 e. The zero-order valence-electron chi connectivity index (χ0n) is 34.5. The monoisotopic (exact) mass is 748 g/mol. The van der Waals surface area contributed by atoms with E-state index in [-0.39, 0.29) is 0 Å². The molecule has 0 aromatic heterocycles. The molecule has 9 aromatic carbocycles. The lowest BCUT2D eigenvalue weighted by molar-refractivity contribution is 1.19. The van der Waals surface area contributed by atoms with Gasteiger partial charge >= 0.3 is 0 Å². The van der Waals surface area contributed by atoms with E-state index in [0.29, 0.717) is 0 Å². The van der Waals surface area contributed by atoms with E-state index >= 15 is 0 Å². The van der Waals surface area contributed by atoms with Crippen LogP contribution in [-0.2, 0) is 6.42 Å². The summed E-state index contributed by atoms with van der Waals surface area (Å²) in [6.07, 6.45) is 6.47. The molecule has 0 spiro atoms. The van der Waals surface area contributed by atoms with E-state index < -0.39 is 0 Å². The molecule has 58 heavy (non-hydrogen) atoms. The first-order valence-corrected chi connectivity index (χ1v) is 20.3. The standard InChI is InChI=1S/C46H36.C7H8.C5H8/c1-30-12-4-6-14-37(30)38-26-27-39(32(3)31(38)2)40-15-7-5-13-36(40)28-33-20-22-34(23-21-33)35-24-25-45-43-18-9-8-16-41(43)42-17-10-11-19-44(42)46(45)29-35;1-7-5-3-2-4-6-7;1-3-5-4-2/h4-27,29H,28H2,1-3H3;2-6H,1H3;3-5H,1H2,2H3/b;;5-4-. The van der Waals surface area contributed by atoms with E-state index in [1.165, 1.54) is 99.1 Å². The highest BCUT2D eigenvalue weighted by molar-refractivity contribution is 6.25. The first-order valence-electron chi connectivity index (χ1n) is 20.3. The number of hydrogen-bond acceptors (Lipinski definition) is 0. The minimum atomic E-state index is 0.892. The number of allylic oxidation sites excluding steroid dienone is 3. The molecule has 0 nitrogen and oxygen atoms in total. The summed E-state index contributed by atoms with van der Waals surface area (Å²) in [6.45, 7) is 14.2. The predicted octanol–water partition coefficient (Wildman–Crippen LogP) is 16.4. The summed E-state index contributed by atoms with van der Waals surface area (Å²) in [4.78, 5) is 0. The van der Waals surface area contributed by atoms with E-state index in [1.54, 1.807) is 6.08 Å². The van der Waals surface area contributed by atoms with Gasteiger partial charge in [0.2, 0.25) is 0 Å². The predicted molar refractivity (Wildman–Crippen MR) is 255 cm³/mol. The largest absolute Gasteiger partial charge is 0.0991 e. The molecule has 9 aromatic rings. The highest BCUT2D eigenvalue weighted by atomic mass is 14.2. The summed E-state index contributed by atoms with van der Waals surface area (Å²) in [5, 5.41) is 7.87. The normalized spacial score (nSPS) is 10.9. The third kappa shape index (κ3) is 8.63. The van der Waals surface area contributed by atoms with Crippen molar-refractivity contribution in [3.8, 4) is 33.4 Å². The minimum Gasteiger partial charge on any atom is -0.0991 e. The lowest BCUT2D eigenvalue weighted by Crippen LogP contribution is -1.97. The van der Waals surface area contributed by atoms with E-state index in [4.69, 9.17) is 0 Å². The second-order valence-electron chi connectivity index (χ2n) is 15.0. The zero-order chi connectivity index (χ0) is 40.4. The van der Waals surface area contributed by atoms with Gasteiger partial charge in [-0.05, 0) is 141 Å².